The highest BCUT2D eigenvalue weighted by Crippen LogP contribution is 2.10. The smallest absolute Gasteiger partial charge is 0.314 e. The molecule has 0 heterocycles. The molecule has 0 spiro atoms. The van der Waals surface area contributed by atoms with Gasteiger partial charge in [0.15, 0.2) is 0 Å². The monoisotopic (exact) mass is 294 g/mol. The van der Waals surface area contributed by atoms with Crippen LogP contribution in [0, 0.1) is 11.8 Å². The van der Waals surface area contributed by atoms with Gasteiger partial charge in [0, 0.05) is 19.3 Å². The first-order valence-corrected chi connectivity index (χ1v) is 8.10. The summed E-state index contributed by atoms with van der Waals surface area (Å²) in [5, 5.41) is 13.8. The highest BCUT2D eigenvalue weighted by Gasteiger charge is 2.19. The molecule has 3 N–H and O–H groups in total. The van der Waals surface area contributed by atoms with E-state index in [1.165, 1.54) is 0 Å². The fraction of sp³-hybridized carbons (Fsp3) is 0.818. The summed E-state index contributed by atoms with van der Waals surface area (Å²) in [5.41, 5.74) is 0. The van der Waals surface area contributed by atoms with Crippen LogP contribution in [0.25, 0.3) is 0 Å². The molecule has 0 rings (SSSR count). The van der Waals surface area contributed by atoms with Crippen molar-refractivity contribution >= 4 is 21.8 Å². The standard InChI is InChI=1S/C11H22N2O5S/c1-8(2)6-9(10(14)15)7-13-11(16)12-4-5-19(3,17)18/h8-9H,4-7H2,1-3H3,(H,14,15)(H2,12,13,16). The van der Waals surface area contributed by atoms with Gasteiger partial charge in [-0.3, -0.25) is 4.79 Å². The Morgan fingerprint density at radius 1 is 1.21 bits per heavy atom. The first kappa shape index (κ1) is 17.7. The van der Waals surface area contributed by atoms with Gasteiger partial charge >= 0.3 is 12.0 Å². The van der Waals surface area contributed by atoms with Crippen molar-refractivity contribution in [2.24, 2.45) is 11.8 Å². The number of nitrogens with one attached hydrogen (secondary N) is 2. The molecule has 0 bridgehead atoms. The lowest BCUT2D eigenvalue weighted by Crippen LogP contribution is -2.41. The van der Waals surface area contributed by atoms with Crippen molar-refractivity contribution in [3.05, 3.63) is 0 Å². The SMILES string of the molecule is CC(C)CC(CNC(=O)NCCS(C)(=O)=O)C(=O)O. The summed E-state index contributed by atoms with van der Waals surface area (Å²) in [5.74, 6) is -1.52. The van der Waals surface area contributed by atoms with E-state index in [-0.39, 0.29) is 24.8 Å². The van der Waals surface area contributed by atoms with E-state index < -0.39 is 27.8 Å². The summed E-state index contributed by atoms with van der Waals surface area (Å²) < 4.78 is 21.7. The minimum atomic E-state index is -3.12. The number of carboxylic acids is 1. The van der Waals surface area contributed by atoms with Gasteiger partial charge in [-0.15, -0.1) is 0 Å². The van der Waals surface area contributed by atoms with Crippen molar-refractivity contribution in [3.8, 4) is 0 Å². The Kier molecular flexibility index (Phi) is 7.43. The average molecular weight is 294 g/mol. The molecule has 0 fully saturated rings. The van der Waals surface area contributed by atoms with Crippen LogP contribution in [0.15, 0.2) is 0 Å². The molecule has 0 aromatic carbocycles. The zero-order valence-corrected chi connectivity index (χ0v) is 12.3. The zero-order chi connectivity index (χ0) is 15.1. The molecule has 0 aromatic rings. The quantitative estimate of drug-likeness (QED) is 0.586. The summed E-state index contributed by atoms with van der Waals surface area (Å²) in [6, 6.07) is -0.557. The fourth-order valence-electron chi connectivity index (χ4n) is 1.47. The summed E-state index contributed by atoms with van der Waals surface area (Å²) in [4.78, 5) is 22.3. The van der Waals surface area contributed by atoms with Gasteiger partial charge in [0.1, 0.15) is 9.84 Å². The maximum atomic E-state index is 11.3. The molecule has 0 aliphatic rings. The van der Waals surface area contributed by atoms with Crippen molar-refractivity contribution in [3.63, 3.8) is 0 Å². The van der Waals surface area contributed by atoms with Crippen molar-refractivity contribution in [1.29, 1.82) is 0 Å². The molecular formula is C11H22N2O5S. The number of aliphatic carboxylic acids is 1. The lowest BCUT2D eigenvalue weighted by Gasteiger charge is -2.15. The number of carbonyl (C=O) groups excluding carboxylic acids is 1. The van der Waals surface area contributed by atoms with Crippen LogP contribution in [0.5, 0.6) is 0 Å². The molecule has 1 atom stereocenters. The van der Waals surface area contributed by atoms with Gasteiger partial charge in [-0.1, -0.05) is 13.8 Å². The summed E-state index contributed by atoms with van der Waals surface area (Å²) in [6.45, 7) is 3.84. The summed E-state index contributed by atoms with van der Waals surface area (Å²) >= 11 is 0. The Morgan fingerprint density at radius 2 is 1.79 bits per heavy atom. The Balaban J connectivity index is 4.02. The van der Waals surface area contributed by atoms with Gasteiger partial charge in [-0.25, -0.2) is 13.2 Å². The van der Waals surface area contributed by atoms with Crippen LogP contribution in [0.4, 0.5) is 4.79 Å². The Labute approximate surface area is 113 Å². The Morgan fingerprint density at radius 3 is 2.21 bits per heavy atom. The third-order valence-electron chi connectivity index (χ3n) is 2.37. The highest BCUT2D eigenvalue weighted by molar-refractivity contribution is 7.90. The maximum absolute atomic E-state index is 11.3. The van der Waals surface area contributed by atoms with Crippen LogP contribution in [0.3, 0.4) is 0 Å². The molecule has 8 heteroatoms. The van der Waals surface area contributed by atoms with E-state index in [4.69, 9.17) is 5.11 Å². The topological polar surface area (TPSA) is 113 Å². The van der Waals surface area contributed by atoms with Crippen molar-refractivity contribution in [2.75, 3.05) is 25.1 Å². The van der Waals surface area contributed by atoms with Crippen LogP contribution < -0.4 is 10.6 Å². The summed E-state index contributed by atoms with van der Waals surface area (Å²) in [6.07, 6.45) is 1.55. The number of rotatable bonds is 8. The van der Waals surface area contributed by atoms with E-state index >= 15 is 0 Å². The minimum absolute atomic E-state index is 0.00653. The van der Waals surface area contributed by atoms with Gasteiger partial charge in [-0.2, -0.15) is 0 Å². The van der Waals surface area contributed by atoms with Crippen LogP contribution >= 0.6 is 0 Å². The number of sulfone groups is 1. The number of carbonyl (C=O) groups is 2. The normalized spacial score (nSPS) is 13.1. The van der Waals surface area contributed by atoms with E-state index in [2.05, 4.69) is 10.6 Å². The van der Waals surface area contributed by atoms with Crippen molar-refractivity contribution < 1.29 is 23.1 Å². The lowest BCUT2D eigenvalue weighted by atomic mass is 9.97. The Bertz CT molecular complexity index is 405. The number of amides is 2. The number of hydrogen-bond donors (Lipinski definition) is 3. The van der Waals surface area contributed by atoms with Crippen LogP contribution in [0.1, 0.15) is 20.3 Å². The Hall–Kier alpha value is -1.31. The first-order valence-electron chi connectivity index (χ1n) is 6.04. The molecule has 19 heavy (non-hydrogen) atoms. The summed E-state index contributed by atoms with van der Waals surface area (Å²) in [7, 11) is -3.12. The second-order valence-electron chi connectivity index (χ2n) is 4.93. The van der Waals surface area contributed by atoms with Gasteiger partial charge in [0.05, 0.1) is 11.7 Å². The second-order valence-corrected chi connectivity index (χ2v) is 7.19. The van der Waals surface area contributed by atoms with E-state index in [0.29, 0.717) is 6.42 Å². The van der Waals surface area contributed by atoms with Crippen LogP contribution in [-0.4, -0.2) is 50.6 Å². The van der Waals surface area contributed by atoms with Crippen molar-refractivity contribution in [2.45, 2.75) is 20.3 Å². The maximum Gasteiger partial charge on any atom is 0.314 e. The average Bonchev–Trinajstić information content (AvgIpc) is 2.21. The van der Waals surface area contributed by atoms with Gasteiger partial charge in [-0.05, 0) is 12.3 Å². The number of carboxylic acid groups (broad SMARTS) is 1. The molecule has 2 amide bonds. The van der Waals surface area contributed by atoms with E-state index in [1.54, 1.807) is 0 Å². The predicted molar refractivity (Wildman–Crippen MR) is 71.7 cm³/mol. The molecule has 0 saturated heterocycles. The van der Waals surface area contributed by atoms with Gasteiger partial charge in [0.2, 0.25) is 0 Å². The molecule has 0 aromatic heterocycles. The molecule has 0 saturated carbocycles. The first-order chi connectivity index (χ1) is 8.61. The molecule has 1 unspecified atom stereocenters. The van der Waals surface area contributed by atoms with E-state index in [0.717, 1.165) is 6.26 Å². The third kappa shape index (κ3) is 10.3. The molecule has 0 aliphatic heterocycles. The van der Waals surface area contributed by atoms with E-state index in [9.17, 15) is 18.0 Å². The molecule has 112 valence electrons. The van der Waals surface area contributed by atoms with Gasteiger partial charge < -0.3 is 15.7 Å². The zero-order valence-electron chi connectivity index (χ0n) is 11.5. The number of hydrogen-bond acceptors (Lipinski definition) is 4. The van der Waals surface area contributed by atoms with Crippen LogP contribution in [-0.2, 0) is 14.6 Å². The van der Waals surface area contributed by atoms with Crippen LogP contribution in [0.2, 0.25) is 0 Å². The fourth-order valence-corrected chi connectivity index (χ4v) is 1.94. The minimum Gasteiger partial charge on any atom is -0.481 e. The molecule has 0 radical (unpaired) electrons. The molecule has 7 nitrogen and oxygen atoms in total. The lowest BCUT2D eigenvalue weighted by molar-refractivity contribution is -0.142. The van der Waals surface area contributed by atoms with E-state index in [1.807, 2.05) is 13.8 Å². The largest absolute Gasteiger partial charge is 0.481 e. The second kappa shape index (κ2) is 7.98. The van der Waals surface area contributed by atoms with Gasteiger partial charge in [0.25, 0.3) is 0 Å². The van der Waals surface area contributed by atoms with Crippen molar-refractivity contribution in [1.82, 2.24) is 10.6 Å². The number of urea groups is 1. The molecular weight excluding hydrogens is 272 g/mol. The third-order valence-corrected chi connectivity index (χ3v) is 3.32. The predicted octanol–water partition coefficient (Wildman–Crippen LogP) is 0.0771. The molecule has 0 aliphatic carbocycles. The highest BCUT2D eigenvalue weighted by atomic mass is 32.2.